The zero-order valence-corrected chi connectivity index (χ0v) is 12.0. The molecular weight excluding hydrogens is 311 g/mol. The summed E-state index contributed by atoms with van der Waals surface area (Å²) < 4.78 is 37.2. The van der Waals surface area contributed by atoms with Gasteiger partial charge in [-0.15, -0.1) is 0 Å². The van der Waals surface area contributed by atoms with Crippen LogP contribution in [0, 0.1) is 0 Å². The first-order chi connectivity index (χ1) is 9.70. The largest absolute Gasteiger partial charge is 0.417 e. The van der Waals surface area contributed by atoms with E-state index in [1.165, 1.54) is 6.34 Å². The number of alkyl halides is 3. The summed E-state index contributed by atoms with van der Waals surface area (Å²) in [4.78, 5) is 16.5. The molecule has 10 heteroatoms. The first-order valence-electron chi connectivity index (χ1n) is 5.65. The fourth-order valence-corrected chi connectivity index (χ4v) is 1.38. The molecule has 1 aromatic heterocycles. The van der Waals surface area contributed by atoms with Gasteiger partial charge in [-0.1, -0.05) is 11.6 Å². The second-order valence-corrected chi connectivity index (χ2v) is 4.56. The van der Waals surface area contributed by atoms with Crippen LogP contribution in [0.2, 0.25) is 5.02 Å². The van der Waals surface area contributed by atoms with Crippen LogP contribution in [0.4, 0.5) is 19.0 Å². The maximum atomic E-state index is 12.4. The molecule has 0 aliphatic heterocycles. The Labute approximate surface area is 124 Å². The highest BCUT2D eigenvalue weighted by molar-refractivity contribution is 6.33. The van der Waals surface area contributed by atoms with E-state index in [1.54, 1.807) is 19.0 Å². The molecule has 0 radical (unpaired) electrons. The second-order valence-electron chi connectivity index (χ2n) is 4.15. The van der Waals surface area contributed by atoms with Crippen LogP contribution in [-0.4, -0.2) is 42.8 Å². The van der Waals surface area contributed by atoms with E-state index in [2.05, 4.69) is 20.8 Å². The van der Waals surface area contributed by atoms with E-state index in [4.69, 9.17) is 11.6 Å². The summed E-state index contributed by atoms with van der Waals surface area (Å²) in [5.41, 5.74) is 1.25. The first-order valence-corrected chi connectivity index (χ1v) is 6.03. The predicted molar refractivity (Wildman–Crippen MR) is 73.1 cm³/mol. The Kier molecular flexibility index (Phi) is 5.77. The quantitative estimate of drug-likeness (QED) is 0.492. The number of carbonyl (C=O) groups is 1. The van der Waals surface area contributed by atoms with Gasteiger partial charge in [-0.25, -0.2) is 10.4 Å². The predicted octanol–water partition coefficient (Wildman–Crippen LogP) is 1.79. The normalized spacial score (nSPS) is 11.5. The summed E-state index contributed by atoms with van der Waals surface area (Å²) in [6.45, 7) is -0.233. The molecule has 2 N–H and O–H groups in total. The molecular formula is C11H13ClF3N5O. The molecule has 0 aromatic carbocycles. The average Bonchev–Trinajstić information content (AvgIpc) is 2.35. The minimum Gasteiger partial charge on any atom is -0.367 e. The molecule has 0 spiro atoms. The van der Waals surface area contributed by atoms with Gasteiger partial charge in [0.05, 0.1) is 17.1 Å². The molecule has 0 unspecified atom stereocenters. The van der Waals surface area contributed by atoms with Crippen LogP contribution in [0.3, 0.4) is 0 Å². The Bertz CT molecular complexity index is 533. The van der Waals surface area contributed by atoms with Crippen LogP contribution < -0.4 is 10.7 Å². The van der Waals surface area contributed by atoms with E-state index in [1.807, 2.05) is 0 Å². The molecule has 0 atom stereocenters. The van der Waals surface area contributed by atoms with Crippen molar-refractivity contribution in [3.8, 4) is 0 Å². The SMILES string of the molecule is CN(C)C=NNC(=O)CNc1ncc(C(F)(F)F)cc1Cl. The molecule has 0 saturated heterocycles. The number of nitrogens with one attached hydrogen (secondary N) is 2. The van der Waals surface area contributed by atoms with Gasteiger partial charge in [0.15, 0.2) is 0 Å². The molecule has 116 valence electrons. The number of hydrogen-bond donors (Lipinski definition) is 2. The number of hydrazone groups is 1. The van der Waals surface area contributed by atoms with Crippen LogP contribution in [0.1, 0.15) is 5.56 Å². The third kappa shape index (κ3) is 5.86. The van der Waals surface area contributed by atoms with Crippen LogP contribution in [0.25, 0.3) is 0 Å². The zero-order valence-electron chi connectivity index (χ0n) is 11.2. The number of nitrogens with zero attached hydrogens (tertiary/aromatic N) is 3. The lowest BCUT2D eigenvalue weighted by molar-refractivity contribution is -0.137. The standard InChI is InChI=1S/C11H13ClF3N5O/c1-20(2)6-18-19-9(21)5-17-10-8(12)3-7(4-16-10)11(13,14)15/h3-4,6H,5H2,1-2H3,(H,16,17)(H,19,21). The highest BCUT2D eigenvalue weighted by Gasteiger charge is 2.31. The van der Waals surface area contributed by atoms with Crippen LogP contribution >= 0.6 is 11.6 Å². The number of carbonyl (C=O) groups excluding carboxylic acids is 1. The summed E-state index contributed by atoms with van der Waals surface area (Å²) in [6, 6.07) is 0.735. The van der Waals surface area contributed by atoms with Crippen molar-refractivity contribution < 1.29 is 18.0 Å². The number of halogens is 4. The van der Waals surface area contributed by atoms with Gasteiger partial charge < -0.3 is 10.2 Å². The molecule has 0 aliphatic rings. The molecule has 0 aliphatic carbocycles. The van der Waals surface area contributed by atoms with Crippen molar-refractivity contribution in [2.24, 2.45) is 5.10 Å². The summed E-state index contributed by atoms with van der Waals surface area (Å²) >= 11 is 5.67. The van der Waals surface area contributed by atoms with Crippen molar-refractivity contribution >= 4 is 29.7 Å². The smallest absolute Gasteiger partial charge is 0.367 e. The van der Waals surface area contributed by atoms with Gasteiger partial charge in [-0.05, 0) is 6.07 Å². The fourth-order valence-electron chi connectivity index (χ4n) is 1.14. The third-order valence-corrected chi connectivity index (χ3v) is 2.35. The second kappa shape index (κ2) is 7.11. The van der Waals surface area contributed by atoms with Gasteiger partial charge in [0.25, 0.3) is 5.91 Å². The maximum Gasteiger partial charge on any atom is 0.417 e. The van der Waals surface area contributed by atoms with Crippen molar-refractivity contribution in [1.29, 1.82) is 0 Å². The number of amides is 1. The number of pyridine rings is 1. The lowest BCUT2D eigenvalue weighted by Crippen LogP contribution is -2.27. The molecule has 21 heavy (non-hydrogen) atoms. The van der Waals surface area contributed by atoms with E-state index in [0.717, 1.165) is 6.07 Å². The molecule has 0 saturated carbocycles. The minimum atomic E-state index is -4.52. The molecule has 0 bridgehead atoms. The highest BCUT2D eigenvalue weighted by Crippen LogP contribution is 2.32. The maximum absolute atomic E-state index is 12.4. The summed E-state index contributed by atoms with van der Waals surface area (Å²) in [5, 5.41) is 5.90. The van der Waals surface area contributed by atoms with Crippen molar-refractivity contribution in [2.45, 2.75) is 6.18 Å². The Balaban J connectivity index is 2.58. The van der Waals surface area contributed by atoms with Gasteiger partial charge in [0, 0.05) is 20.3 Å². The fraction of sp³-hybridized carbons (Fsp3) is 0.364. The molecule has 6 nitrogen and oxygen atoms in total. The summed E-state index contributed by atoms with van der Waals surface area (Å²) in [6.07, 6.45) is -2.51. The number of rotatable bonds is 5. The lowest BCUT2D eigenvalue weighted by atomic mass is 10.3. The summed E-state index contributed by atoms with van der Waals surface area (Å²) in [7, 11) is 3.44. The van der Waals surface area contributed by atoms with Gasteiger partial charge >= 0.3 is 6.18 Å². The first kappa shape index (κ1) is 17.0. The highest BCUT2D eigenvalue weighted by atomic mass is 35.5. The van der Waals surface area contributed by atoms with E-state index >= 15 is 0 Å². The number of aromatic nitrogens is 1. The Morgan fingerprint density at radius 1 is 1.52 bits per heavy atom. The third-order valence-electron chi connectivity index (χ3n) is 2.06. The topological polar surface area (TPSA) is 69.6 Å². The van der Waals surface area contributed by atoms with Crippen molar-refractivity contribution in [2.75, 3.05) is 26.0 Å². The number of anilines is 1. The molecule has 0 fully saturated rings. The summed E-state index contributed by atoms with van der Waals surface area (Å²) in [5.74, 6) is -0.512. The van der Waals surface area contributed by atoms with Crippen LogP contribution in [0.5, 0.6) is 0 Å². The van der Waals surface area contributed by atoms with Gasteiger partial charge in [0.2, 0.25) is 0 Å². The van der Waals surface area contributed by atoms with Gasteiger partial charge in [0.1, 0.15) is 12.2 Å². The molecule has 1 heterocycles. The average molecular weight is 324 g/mol. The van der Waals surface area contributed by atoms with E-state index < -0.39 is 17.6 Å². The van der Waals surface area contributed by atoms with Crippen LogP contribution in [-0.2, 0) is 11.0 Å². The minimum absolute atomic E-state index is 0.0172. The van der Waals surface area contributed by atoms with Crippen molar-refractivity contribution in [3.63, 3.8) is 0 Å². The Hall–Kier alpha value is -2.03. The van der Waals surface area contributed by atoms with Crippen molar-refractivity contribution in [3.05, 3.63) is 22.8 Å². The van der Waals surface area contributed by atoms with E-state index in [9.17, 15) is 18.0 Å². The Morgan fingerprint density at radius 3 is 2.71 bits per heavy atom. The van der Waals surface area contributed by atoms with E-state index in [-0.39, 0.29) is 17.4 Å². The Morgan fingerprint density at radius 2 is 2.19 bits per heavy atom. The number of hydrogen-bond acceptors (Lipinski definition) is 4. The van der Waals surface area contributed by atoms with Crippen LogP contribution in [0.15, 0.2) is 17.4 Å². The van der Waals surface area contributed by atoms with Gasteiger partial charge in [-0.3, -0.25) is 4.79 Å². The molecule has 1 rings (SSSR count). The van der Waals surface area contributed by atoms with Crippen molar-refractivity contribution in [1.82, 2.24) is 15.3 Å². The molecule has 1 aromatic rings. The monoisotopic (exact) mass is 323 g/mol. The molecule has 1 amide bonds. The van der Waals surface area contributed by atoms with E-state index in [0.29, 0.717) is 6.20 Å². The van der Waals surface area contributed by atoms with Gasteiger partial charge in [-0.2, -0.15) is 18.3 Å². The zero-order chi connectivity index (χ0) is 16.0. The lowest BCUT2D eigenvalue weighted by Gasteiger charge is -2.10.